The van der Waals surface area contributed by atoms with E-state index in [4.69, 9.17) is 4.18 Å². The zero-order valence-electron chi connectivity index (χ0n) is 14.5. The summed E-state index contributed by atoms with van der Waals surface area (Å²) in [6.07, 6.45) is 10.6. The fourth-order valence-electron chi connectivity index (χ4n) is 2.36. The summed E-state index contributed by atoms with van der Waals surface area (Å²) in [6, 6.07) is 0. The number of rotatable bonds is 10. The molecule has 0 spiro atoms. The highest BCUT2D eigenvalue weighted by atomic mass is 32.2. The Kier molecular flexibility index (Phi) is 8.41. The van der Waals surface area contributed by atoms with E-state index in [0.717, 1.165) is 42.2 Å². The Morgan fingerprint density at radius 2 is 2.22 bits per heavy atom. The molecule has 0 fully saturated rings. The van der Waals surface area contributed by atoms with Gasteiger partial charge in [0.25, 0.3) is 0 Å². The first kappa shape index (κ1) is 19.2. The van der Waals surface area contributed by atoms with Gasteiger partial charge in [0.15, 0.2) is 0 Å². The molecule has 126 valence electrons. The van der Waals surface area contributed by atoms with Gasteiger partial charge >= 0.3 is 0 Å². The van der Waals surface area contributed by atoms with E-state index in [0.29, 0.717) is 6.42 Å². The lowest BCUT2D eigenvalue weighted by molar-refractivity contribution is 0.521. The fourth-order valence-corrected chi connectivity index (χ4v) is 2.69. The number of hydrogen-bond acceptors (Lipinski definition) is 4. The van der Waals surface area contributed by atoms with Crippen LogP contribution in [0.1, 0.15) is 33.1 Å². The molecule has 0 atom stereocenters. The van der Waals surface area contributed by atoms with Crippen molar-refractivity contribution in [1.29, 1.82) is 0 Å². The highest BCUT2D eigenvalue weighted by Gasteiger charge is 2.14. The van der Waals surface area contributed by atoms with Gasteiger partial charge in [0.05, 0.1) is 12.0 Å². The van der Waals surface area contributed by atoms with E-state index in [1.165, 1.54) is 23.2 Å². The van der Waals surface area contributed by atoms with Crippen LogP contribution in [0.4, 0.5) is 0 Å². The van der Waals surface area contributed by atoms with Crippen LogP contribution in [-0.4, -0.2) is 12.8 Å². The van der Waals surface area contributed by atoms with Crippen LogP contribution in [0.3, 0.4) is 0 Å². The lowest BCUT2D eigenvalue weighted by Gasteiger charge is -2.23. The van der Waals surface area contributed by atoms with Crippen molar-refractivity contribution in [3.8, 4) is 0 Å². The largest absolute Gasteiger partial charge is 0.426 e. The second-order valence-corrected chi connectivity index (χ2v) is 5.91. The van der Waals surface area contributed by atoms with E-state index in [1.54, 1.807) is 6.08 Å². The summed E-state index contributed by atoms with van der Waals surface area (Å²) >= 11 is 1.30. The molecule has 0 aliphatic carbocycles. The summed E-state index contributed by atoms with van der Waals surface area (Å²) in [4.78, 5) is 0. The van der Waals surface area contributed by atoms with Crippen molar-refractivity contribution < 1.29 is 4.18 Å². The Hall–Kier alpha value is -1.81. The molecule has 2 N–H and O–H groups in total. The number of dihydropyridines is 1. The third-order valence-corrected chi connectivity index (χ3v) is 3.81. The zero-order valence-corrected chi connectivity index (χ0v) is 15.3. The van der Waals surface area contributed by atoms with E-state index in [9.17, 15) is 0 Å². The molecule has 0 amide bonds. The fraction of sp³-hybridized carbons (Fsp3) is 0.368. The van der Waals surface area contributed by atoms with Gasteiger partial charge in [-0.15, -0.1) is 0 Å². The Morgan fingerprint density at radius 1 is 1.48 bits per heavy atom. The Bertz CT molecular complexity index is 556. The molecular weight excluding hydrogens is 304 g/mol. The van der Waals surface area contributed by atoms with E-state index in [-0.39, 0.29) is 0 Å². The summed E-state index contributed by atoms with van der Waals surface area (Å²) in [5.74, 6) is 0.758. The van der Waals surface area contributed by atoms with Crippen molar-refractivity contribution in [3.63, 3.8) is 0 Å². The van der Waals surface area contributed by atoms with Gasteiger partial charge < -0.3 is 14.8 Å². The molecule has 4 heteroatoms. The third kappa shape index (κ3) is 6.45. The topological polar surface area (TPSA) is 33.3 Å². The predicted molar refractivity (Wildman–Crippen MR) is 103 cm³/mol. The first-order chi connectivity index (χ1) is 11.0. The predicted octanol–water partition coefficient (Wildman–Crippen LogP) is 4.96. The highest BCUT2D eigenvalue weighted by Crippen LogP contribution is 2.23. The van der Waals surface area contributed by atoms with Crippen molar-refractivity contribution in [3.05, 3.63) is 72.0 Å². The SMILES string of the molecule is C=C/C(=C\CC(=C)NCC1=C(CCC)C=C(C)NC1=C)OSC. The monoisotopic (exact) mass is 332 g/mol. The van der Waals surface area contributed by atoms with Gasteiger partial charge in [0.2, 0.25) is 0 Å². The van der Waals surface area contributed by atoms with Crippen LogP contribution in [0, 0.1) is 0 Å². The van der Waals surface area contributed by atoms with Crippen LogP contribution >= 0.6 is 12.0 Å². The molecule has 0 aromatic carbocycles. The molecule has 0 saturated carbocycles. The maximum Gasteiger partial charge on any atom is 0.133 e. The second kappa shape index (κ2) is 10.1. The van der Waals surface area contributed by atoms with Gasteiger partial charge in [0, 0.05) is 36.3 Å². The quantitative estimate of drug-likeness (QED) is 0.336. The standard InChI is InChI=1S/C19H28N2OS/c1-7-9-17-12-15(4)21-16(5)19(17)13-20-14(3)10-11-18(8-2)22-23-6/h8,11-12,20-21H,2-3,5,7,9-10,13H2,1,4,6H3/b18-11+. The van der Waals surface area contributed by atoms with E-state index in [2.05, 4.69) is 50.3 Å². The zero-order chi connectivity index (χ0) is 17.2. The molecular formula is C19H28N2OS. The summed E-state index contributed by atoms with van der Waals surface area (Å²) in [6.45, 7) is 16.9. The highest BCUT2D eigenvalue weighted by molar-refractivity contribution is 7.94. The summed E-state index contributed by atoms with van der Waals surface area (Å²) in [7, 11) is 0. The second-order valence-electron chi connectivity index (χ2n) is 5.41. The Morgan fingerprint density at radius 3 is 2.83 bits per heavy atom. The van der Waals surface area contributed by atoms with Crippen molar-refractivity contribution >= 4 is 12.0 Å². The summed E-state index contributed by atoms with van der Waals surface area (Å²) in [5, 5.41) is 6.69. The molecule has 23 heavy (non-hydrogen) atoms. The van der Waals surface area contributed by atoms with Crippen LogP contribution in [0.15, 0.2) is 72.0 Å². The van der Waals surface area contributed by atoms with Gasteiger partial charge in [-0.3, -0.25) is 0 Å². The van der Waals surface area contributed by atoms with Gasteiger partial charge in [0.1, 0.15) is 5.76 Å². The molecule has 3 nitrogen and oxygen atoms in total. The van der Waals surface area contributed by atoms with Crippen molar-refractivity contribution in [2.24, 2.45) is 0 Å². The van der Waals surface area contributed by atoms with Crippen molar-refractivity contribution in [2.45, 2.75) is 33.1 Å². The number of nitrogens with one attached hydrogen (secondary N) is 2. The van der Waals surface area contributed by atoms with Gasteiger partial charge in [-0.1, -0.05) is 33.1 Å². The molecule has 0 saturated heterocycles. The molecule has 1 rings (SSSR count). The van der Waals surface area contributed by atoms with Crippen LogP contribution in [-0.2, 0) is 4.18 Å². The number of hydrogen-bond donors (Lipinski definition) is 2. The summed E-state index contributed by atoms with van der Waals surface area (Å²) in [5.41, 5.74) is 5.64. The maximum atomic E-state index is 5.36. The molecule has 1 aliphatic heterocycles. The van der Waals surface area contributed by atoms with Crippen molar-refractivity contribution in [1.82, 2.24) is 10.6 Å². The van der Waals surface area contributed by atoms with Crippen LogP contribution in [0.25, 0.3) is 0 Å². The lowest BCUT2D eigenvalue weighted by atomic mass is 9.97. The molecule has 1 aliphatic rings. The van der Waals surface area contributed by atoms with E-state index < -0.39 is 0 Å². The van der Waals surface area contributed by atoms with Gasteiger partial charge in [-0.05, 0) is 42.7 Å². The van der Waals surface area contributed by atoms with Crippen molar-refractivity contribution in [2.75, 3.05) is 12.8 Å². The molecule has 0 aromatic rings. The third-order valence-electron chi connectivity index (χ3n) is 3.46. The van der Waals surface area contributed by atoms with Gasteiger partial charge in [-0.25, -0.2) is 0 Å². The minimum atomic E-state index is 0.701. The van der Waals surface area contributed by atoms with E-state index >= 15 is 0 Å². The van der Waals surface area contributed by atoms with Crippen LogP contribution < -0.4 is 10.6 Å². The summed E-state index contributed by atoms with van der Waals surface area (Å²) < 4.78 is 5.36. The average Bonchev–Trinajstić information content (AvgIpc) is 2.50. The molecule has 0 aromatic heterocycles. The number of allylic oxidation sites excluding steroid dienone is 5. The minimum absolute atomic E-state index is 0.701. The van der Waals surface area contributed by atoms with Crippen LogP contribution in [0.5, 0.6) is 0 Å². The maximum absolute atomic E-state index is 5.36. The molecule has 1 heterocycles. The minimum Gasteiger partial charge on any atom is -0.426 e. The van der Waals surface area contributed by atoms with E-state index in [1.807, 2.05) is 12.3 Å². The Balaban J connectivity index is 2.67. The molecule has 0 bridgehead atoms. The average molecular weight is 333 g/mol. The first-order valence-corrected chi connectivity index (χ1v) is 8.98. The first-order valence-electron chi connectivity index (χ1n) is 7.83. The Labute approximate surface area is 145 Å². The lowest BCUT2D eigenvalue weighted by Crippen LogP contribution is -2.25. The normalized spacial score (nSPS) is 15.0. The molecule has 0 radical (unpaired) electrons. The molecule has 0 unspecified atom stereocenters. The van der Waals surface area contributed by atoms with Gasteiger partial charge in [-0.2, -0.15) is 0 Å². The van der Waals surface area contributed by atoms with Crippen LogP contribution in [0.2, 0.25) is 0 Å². The smallest absolute Gasteiger partial charge is 0.133 e.